The van der Waals surface area contributed by atoms with Gasteiger partial charge in [-0.25, -0.2) is 4.79 Å². The molecule has 0 aliphatic rings. The third kappa shape index (κ3) is 2.75. The number of hydrogen-bond donors (Lipinski definition) is 2. The number of carbonyl (C=O) groups is 2. The molecule has 92 valence electrons. The molecular formula is C13H11NO3S. The summed E-state index contributed by atoms with van der Waals surface area (Å²) >= 11 is 1.39. The number of carbonyl (C=O) groups excluding carboxylic acids is 1. The second kappa shape index (κ2) is 5.46. The smallest absolute Gasteiger partial charge is 0.330 e. The van der Waals surface area contributed by atoms with Gasteiger partial charge in [0.15, 0.2) is 6.04 Å². The van der Waals surface area contributed by atoms with Crippen LogP contribution in [0.1, 0.15) is 22.0 Å². The minimum atomic E-state index is -1.08. The van der Waals surface area contributed by atoms with Crippen LogP contribution < -0.4 is 5.32 Å². The van der Waals surface area contributed by atoms with Crippen LogP contribution in [-0.4, -0.2) is 17.0 Å². The molecular weight excluding hydrogens is 250 g/mol. The van der Waals surface area contributed by atoms with Crippen molar-refractivity contribution in [3.8, 4) is 0 Å². The van der Waals surface area contributed by atoms with E-state index in [-0.39, 0.29) is 5.91 Å². The van der Waals surface area contributed by atoms with Gasteiger partial charge in [-0.2, -0.15) is 11.3 Å². The lowest BCUT2D eigenvalue weighted by atomic mass is 10.1. The molecule has 0 bridgehead atoms. The Bertz CT molecular complexity index is 537. The molecule has 1 atom stereocenters. The first kappa shape index (κ1) is 12.3. The lowest BCUT2D eigenvalue weighted by Crippen LogP contribution is -2.33. The third-order valence-corrected chi connectivity index (χ3v) is 3.12. The Kier molecular flexibility index (Phi) is 3.74. The molecule has 0 radical (unpaired) electrons. The highest BCUT2D eigenvalue weighted by atomic mass is 32.1. The summed E-state index contributed by atoms with van der Waals surface area (Å²) in [6.45, 7) is 0. The van der Waals surface area contributed by atoms with Crippen LogP contribution in [0.25, 0.3) is 0 Å². The van der Waals surface area contributed by atoms with E-state index in [4.69, 9.17) is 5.11 Å². The lowest BCUT2D eigenvalue weighted by molar-refractivity contribution is -0.139. The van der Waals surface area contributed by atoms with Crippen molar-refractivity contribution in [1.82, 2.24) is 5.32 Å². The van der Waals surface area contributed by atoms with Gasteiger partial charge < -0.3 is 10.4 Å². The van der Waals surface area contributed by atoms with E-state index in [0.29, 0.717) is 11.1 Å². The van der Waals surface area contributed by atoms with E-state index in [0.717, 1.165) is 0 Å². The molecule has 18 heavy (non-hydrogen) atoms. The van der Waals surface area contributed by atoms with Gasteiger partial charge in [-0.15, -0.1) is 0 Å². The van der Waals surface area contributed by atoms with E-state index in [1.165, 1.54) is 11.3 Å². The van der Waals surface area contributed by atoms with Crippen LogP contribution >= 0.6 is 11.3 Å². The zero-order valence-electron chi connectivity index (χ0n) is 9.37. The Morgan fingerprint density at radius 3 is 2.44 bits per heavy atom. The van der Waals surface area contributed by atoms with Crippen LogP contribution in [-0.2, 0) is 4.79 Å². The minimum absolute atomic E-state index is 0.382. The number of aliphatic carboxylic acids is 1. The van der Waals surface area contributed by atoms with Crippen LogP contribution in [0.3, 0.4) is 0 Å². The summed E-state index contributed by atoms with van der Waals surface area (Å²) in [5.41, 5.74) is 1.02. The predicted octanol–water partition coefficient (Wildman–Crippen LogP) is 2.30. The maximum absolute atomic E-state index is 11.8. The van der Waals surface area contributed by atoms with Gasteiger partial charge in [0, 0.05) is 5.38 Å². The molecule has 5 heteroatoms. The minimum Gasteiger partial charge on any atom is -0.479 e. The summed E-state index contributed by atoms with van der Waals surface area (Å²) in [7, 11) is 0. The van der Waals surface area contributed by atoms with Crippen molar-refractivity contribution in [3.05, 3.63) is 58.3 Å². The van der Waals surface area contributed by atoms with Crippen molar-refractivity contribution in [1.29, 1.82) is 0 Å². The fraction of sp³-hybridized carbons (Fsp3) is 0.0769. The molecule has 2 N–H and O–H groups in total. The van der Waals surface area contributed by atoms with Gasteiger partial charge in [-0.1, -0.05) is 30.3 Å². The molecule has 4 nitrogen and oxygen atoms in total. The summed E-state index contributed by atoms with van der Waals surface area (Å²) in [5, 5.41) is 15.1. The maximum atomic E-state index is 11.8. The number of amides is 1. The van der Waals surface area contributed by atoms with Crippen molar-refractivity contribution in [2.24, 2.45) is 0 Å². The summed E-state index contributed by atoms with van der Waals surface area (Å²) < 4.78 is 0. The summed E-state index contributed by atoms with van der Waals surface area (Å²) in [6, 6.07) is 9.25. The summed E-state index contributed by atoms with van der Waals surface area (Å²) in [6.07, 6.45) is 0. The van der Waals surface area contributed by atoms with Crippen LogP contribution in [0.2, 0.25) is 0 Å². The van der Waals surface area contributed by atoms with Crippen molar-refractivity contribution < 1.29 is 14.7 Å². The number of benzene rings is 1. The molecule has 0 aliphatic heterocycles. The fourth-order valence-electron chi connectivity index (χ4n) is 1.54. The molecule has 0 aliphatic carbocycles. The van der Waals surface area contributed by atoms with Crippen LogP contribution in [0, 0.1) is 0 Å². The van der Waals surface area contributed by atoms with E-state index in [1.54, 1.807) is 47.2 Å². The number of carboxylic acid groups (broad SMARTS) is 1. The Balaban J connectivity index is 2.18. The molecule has 0 spiro atoms. The largest absolute Gasteiger partial charge is 0.479 e. The SMILES string of the molecule is O=C(N[C@@H](C(=O)O)c1ccccc1)c1ccsc1. The second-order valence-corrected chi connectivity index (χ2v) is 4.45. The molecule has 0 saturated heterocycles. The Morgan fingerprint density at radius 2 is 1.89 bits per heavy atom. The van der Waals surface area contributed by atoms with Gasteiger partial charge in [0.1, 0.15) is 0 Å². The normalized spacial score (nSPS) is 11.8. The highest BCUT2D eigenvalue weighted by Gasteiger charge is 2.22. The van der Waals surface area contributed by atoms with Crippen molar-refractivity contribution in [3.63, 3.8) is 0 Å². The molecule has 2 aromatic rings. The summed E-state index contributed by atoms with van der Waals surface area (Å²) in [4.78, 5) is 23.0. The van der Waals surface area contributed by atoms with Crippen LogP contribution in [0.5, 0.6) is 0 Å². The molecule has 1 amide bonds. The number of thiophene rings is 1. The first-order chi connectivity index (χ1) is 8.68. The monoisotopic (exact) mass is 261 g/mol. The van der Waals surface area contributed by atoms with E-state index in [9.17, 15) is 9.59 Å². The average Bonchev–Trinajstić information content (AvgIpc) is 2.90. The molecule has 0 saturated carbocycles. The van der Waals surface area contributed by atoms with Gasteiger partial charge in [-0.05, 0) is 17.0 Å². The van der Waals surface area contributed by atoms with Gasteiger partial charge in [-0.3, -0.25) is 4.79 Å². The molecule has 1 aromatic heterocycles. The topological polar surface area (TPSA) is 66.4 Å². The highest BCUT2D eigenvalue weighted by Crippen LogP contribution is 2.14. The third-order valence-electron chi connectivity index (χ3n) is 2.44. The van der Waals surface area contributed by atoms with Crippen molar-refractivity contribution in [2.45, 2.75) is 6.04 Å². The van der Waals surface area contributed by atoms with Crippen molar-refractivity contribution in [2.75, 3.05) is 0 Å². The van der Waals surface area contributed by atoms with Gasteiger partial charge in [0.05, 0.1) is 5.56 Å². The highest BCUT2D eigenvalue weighted by molar-refractivity contribution is 7.08. The van der Waals surface area contributed by atoms with Gasteiger partial charge >= 0.3 is 5.97 Å². The van der Waals surface area contributed by atoms with E-state index in [2.05, 4.69) is 5.32 Å². The molecule has 2 rings (SSSR count). The van der Waals surface area contributed by atoms with Crippen LogP contribution in [0.4, 0.5) is 0 Å². The summed E-state index contributed by atoms with van der Waals surface area (Å²) in [5.74, 6) is -1.46. The zero-order valence-corrected chi connectivity index (χ0v) is 10.2. The maximum Gasteiger partial charge on any atom is 0.330 e. The van der Waals surface area contributed by atoms with Gasteiger partial charge in [0.25, 0.3) is 5.91 Å². The standard InChI is InChI=1S/C13H11NO3S/c15-12(10-6-7-18-8-10)14-11(13(16)17)9-4-2-1-3-5-9/h1-8,11H,(H,14,15)(H,16,17)/t11-/m1/s1. The lowest BCUT2D eigenvalue weighted by Gasteiger charge is -2.14. The predicted molar refractivity (Wildman–Crippen MR) is 68.6 cm³/mol. The number of nitrogens with one attached hydrogen (secondary N) is 1. The number of hydrogen-bond acceptors (Lipinski definition) is 3. The number of carboxylic acids is 1. The first-order valence-corrected chi connectivity index (χ1v) is 6.23. The van der Waals surface area contributed by atoms with E-state index in [1.807, 2.05) is 0 Å². The Morgan fingerprint density at radius 1 is 1.17 bits per heavy atom. The number of rotatable bonds is 4. The average molecular weight is 261 g/mol. The van der Waals surface area contributed by atoms with Gasteiger partial charge in [0.2, 0.25) is 0 Å². The van der Waals surface area contributed by atoms with Crippen LogP contribution in [0.15, 0.2) is 47.2 Å². The van der Waals surface area contributed by atoms with Crippen molar-refractivity contribution >= 4 is 23.2 Å². The van der Waals surface area contributed by atoms with E-state index >= 15 is 0 Å². The fourth-order valence-corrected chi connectivity index (χ4v) is 2.18. The quantitative estimate of drug-likeness (QED) is 0.887. The Hall–Kier alpha value is -2.14. The second-order valence-electron chi connectivity index (χ2n) is 3.67. The zero-order chi connectivity index (χ0) is 13.0. The molecule has 1 aromatic carbocycles. The van der Waals surface area contributed by atoms with E-state index < -0.39 is 12.0 Å². The Labute approximate surface area is 108 Å². The molecule has 1 heterocycles. The first-order valence-electron chi connectivity index (χ1n) is 5.29. The molecule has 0 unspecified atom stereocenters. The molecule has 0 fully saturated rings.